The molecule has 9 nitrogen and oxygen atoms in total. The van der Waals surface area contributed by atoms with Gasteiger partial charge in [-0.15, -0.1) is 20.4 Å². The number of fused-ring (bicyclic) bond motifs is 1. The minimum Gasteiger partial charge on any atom is -0.360 e. The van der Waals surface area contributed by atoms with Crippen LogP contribution in [0.15, 0.2) is 56.4 Å². The SMILES string of the molecule is C=Cc1c(/C=C/c2ncnc(/C=C/c3c(C=C)c4nnc5cc[nH]c3c54)c3cncc2-3)c2[nH]ccc3nnc1c32. The van der Waals surface area contributed by atoms with Gasteiger partial charge in [0, 0.05) is 58.2 Å². The van der Waals surface area contributed by atoms with E-state index in [0.29, 0.717) is 0 Å². The average Bonchev–Trinajstić information content (AvgIpc) is 3.79. The Morgan fingerprint density at radius 3 is 1.57 bits per heavy atom. The van der Waals surface area contributed by atoms with Gasteiger partial charge >= 0.3 is 0 Å². The molecule has 4 aromatic heterocycles. The van der Waals surface area contributed by atoms with Crippen molar-refractivity contribution in [3.63, 3.8) is 0 Å². The van der Waals surface area contributed by atoms with Gasteiger partial charge in [0.05, 0.1) is 44.2 Å². The lowest BCUT2D eigenvalue weighted by Crippen LogP contribution is -1.84. The largest absolute Gasteiger partial charge is 0.360 e. The van der Waals surface area contributed by atoms with E-state index in [1.54, 1.807) is 6.33 Å². The normalized spacial score (nSPS) is 12.5. The predicted molar refractivity (Wildman–Crippen MR) is 160 cm³/mol. The summed E-state index contributed by atoms with van der Waals surface area (Å²) in [4.78, 5) is 20.4. The maximum Gasteiger partial charge on any atom is 0.116 e. The molecule has 0 atom stereocenters. The molecular formula is C31H19N9. The lowest BCUT2D eigenvalue weighted by molar-refractivity contribution is 1.15. The highest BCUT2D eigenvalue weighted by Crippen LogP contribution is 2.37. The molecule has 0 radical (unpaired) electrons. The zero-order valence-corrected chi connectivity index (χ0v) is 21.1. The highest BCUT2D eigenvalue weighted by molar-refractivity contribution is 6.17. The second kappa shape index (κ2) is 8.34. The molecule has 0 fully saturated rings. The molecule has 188 valence electrons. The van der Waals surface area contributed by atoms with Crippen LogP contribution in [0.5, 0.6) is 0 Å². The quantitative estimate of drug-likeness (QED) is 0.264. The van der Waals surface area contributed by atoms with Gasteiger partial charge in [-0.1, -0.05) is 37.5 Å². The first-order valence-corrected chi connectivity index (χ1v) is 12.6. The molecule has 2 aliphatic rings. The van der Waals surface area contributed by atoms with E-state index >= 15 is 0 Å². The van der Waals surface area contributed by atoms with Crippen molar-refractivity contribution >= 4 is 80.3 Å². The third-order valence-electron chi connectivity index (χ3n) is 7.44. The molecule has 2 N–H and O–H groups in total. The van der Waals surface area contributed by atoms with E-state index in [1.165, 1.54) is 0 Å². The van der Waals surface area contributed by atoms with E-state index in [4.69, 9.17) is 0 Å². The number of rotatable bonds is 6. The van der Waals surface area contributed by atoms with Crippen molar-refractivity contribution in [2.24, 2.45) is 0 Å². The summed E-state index contributed by atoms with van der Waals surface area (Å²) in [5, 5.41) is 19.3. The van der Waals surface area contributed by atoms with Crippen molar-refractivity contribution in [1.29, 1.82) is 0 Å². The lowest BCUT2D eigenvalue weighted by Gasteiger charge is -2.00. The van der Waals surface area contributed by atoms with E-state index < -0.39 is 0 Å². The van der Waals surface area contributed by atoms with Gasteiger partial charge < -0.3 is 9.97 Å². The minimum atomic E-state index is 0.751. The summed E-state index contributed by atoms with van der Waals surface area (Å²) >= 11 is 0. The third-order valence-corrected chi connectivity index (χ3v) is 7.44. The van der Waals surface area contributed by atoms with Crippen LogP contribution in [-0.2, 0) is 0 Å². The summed E-state index contributed by atoms with van der Waals surface area (Å²) in [5.74, 6) is 0. The fourth-order valence-corrected chi connectivity index (χ4v) is 5.63. The van der Waals surface area contributed by atoms with Gasteiger partial charge in [0.1, 0.15) is 17.4 Å². The molecule has 9 heteroatoms. The Balaban J connectivity index is 1.21. The summed E-state index contributed by atoms with van der Waals surface area (Å²) < 4.78 is 0. The standard InChI is InChI=1S/C31H19N9/c1-3-16-18(28-26-24(9-11-33-28)37-39-30(16)26)5-7-22-20-13-32-14-21(20)23(36-15-35-22)8-6-19-17(4-2)31-27-25(38-40-31)10-12-34-29(19)27/h3-15,33-34H,1-2H2/b7-5+,8-6+. The molecule has 0 aliphatic carbocycles. The number of aromatic amines is 2. The summed E-state index contributed by atoms with van der Waals surface area (Å²) in [6.07, 6.45) is 20.6. The Morgan fingerprint density at radius 1 is 0.600 bits per heavy atom. The average molecular weight is 518 g/mol. The van der Waals surface area contributed by atoms with Crippen molar-refractivity contribution in [3.8, 4) is 11.1 Å². The van der Waals surface area contributed by atoms with Gasteiger partial charge in [-0.05, 0) is 24.3 Å². The van der Waals surface area contributed by atoms with Crippen molar-refractivity contribution in [2.75, 3.05) is 0 Å². The molecule has 40 heavy (non-hydrogen) atoms. The van der Waals surface area contributed by atoms with Crippen LogP contribution in [0.25, 0.3) is 91.5 Å². The van der Waals surface area contributed by atoms with E-state index in [-0.39, 0.29) is 0 Å². The topological polar surface area (TPSA) is 122 Å². The number of hydrogen-bond donors (Lipinski definition) is 2. The van der Waals surface area contributed by atoms with E-state index in [1.807, 2.05) is 73.4 Å². The Labute approximate surface area is 226 Å². The Hall–Kier alpha value is -5.83. The Kier molecular flexibility index (Phi) is 4.62. The first kappa shape index (κ1) is 22.2. The van der Waals surface area contributed by atoms with Crippen molar-refractivity contribution in [2.45, 2.75) is 0 Å². The van der Waals surface area contributed by atoms with Crippen LogP contribution in [0.4, 0.5) is 0 Å². The lowest BCUT2D eigenvalue weighted by atomic mass is 10.0. The molecule has 0 saturated heterocycles. The van der Waals surface area contributed by atoms with Crippen molar-refractivity contribution in [1.82, 2.24) is 45.3 Å². The third kappa shape index (κ3) is 2.99. The number of nitrogens with one attached hydrogen (secondary N) is 2. The molecule has 6 aromatic rings. The van der Waals surface area contributed by atoms with Gasteiger partial charge in [0.25, 0.3) is 0 Å². The first-order chi connectivity index (χ1) is 19.8. The molecule has 8 rings (SSSR count). The van der Waals surface area contributed by atoms with E-state index in [2.05, 4.69) is 58.5 Å². The van der Waals surface area contributed by atoms with Gasteiger partial charge in [-0.2, -0.15) is 0 Å². The van der Waals surface area contributed by atoms with Crippen LogP contribution < -0.4 is 0 Å². The number of hydrogen-bond acceptors (Lipinski definition) is 7. The Morgan fingerprint density at radius 2 is 1.10 bits per heavy atom. The van der Waals surface area contributed by atoms with E-state index in [0.717, 1.165) is 88.6 Å². The predicted octanol–water partition coefficient (Wildman–Crippen LogP) is 6.33. The molecule has 0 amide bonds. The molecular weight excluding hydrogens is 498 g/mol. The monoisotopic (exact) mass is 517 g/mol. The number of H-pyrrole nitrogens is 2. The van der Waals surface area contributed by atoms with Crippen molar-refractivity contribution in [3.05, 3.63) is 90.0 Å². The van der Waals surface area contributed by atoms with Gasteiger partial charge in [0.15, 0.2) is 0 Å². The summed E-state index contributed by atoms with van der Waals surface area (Å²) in [5.41, 5.74) is 12.4. The number of nitrogens with zero attached hydrogens (tertiary/aromatic N) is 7. The Bertz CT molecular complexity index is 2110. The van der Waals surface area contributed by atoms with Crippen molar-refractivity contribution < 1.29 is 0 Å². The smallest absolute Gasteiger partial charge is 0.116 e. The second-order valence-corrected chi connectivity index (χ2v) is 9.43. The summed E-state index contributed by atoms with van der Waals surface area (Å²) in [6, 6.07) is 3.84. The first-order valence-electron chi connectivity index (χ1n) is 12.6. The van der Waals surface area contributed by atoms with Crippen LogP contribution in [0.1, 0.15) is 33.6 Å². The molecule has 0 saturated carbocycles. The fraction of sp³-hybridized carbons (Fsp3) is 0. The maximum atomic E-state index is 4.66. The molecule has 0 spiro atoms. The molecule has 6 heterocycles. The van der Waals surface area contributed by atoms with Crippen LogP contribution in [0.3, 0.4) is 0 Å². The highest BCUT2D eigenvalue weighted by atomic mass is 15.1. The second-order valence-electron chi connectivity index (χ2n) is 9.43. The zero-order chi connectivity index (χ0) is 26.8. The van der Waals surface area contributed by atoms with Gasteiger partial charge in [0.2, 0.25) is 0 Å². The number of aromatic nitrogens is 9. The van der Waals surface area contributed by atoms with Gasteiger partial charge in [-0.25, -0.2) is 9.97 Å². The van der Waals surface area contributed by atoms with Crippen LogP contribution in [0, 0.1) is 0 Å². The molecule has 2 aliphatic heterocycles. The van der Waals surface area contributed by atoms with Crippen LogP contribution in [-0.4, -0.2) is 45.3 Å². The summed E-state index contributed by atoms with van der Waals surface area (Å²) in [6.45, 7) is 8.02. The number of pyridine rings is 2. The minimum absolute atomic E-state index is 0.751. The van der Waals surface area contributed by atoms with E-state index in [9.17, 15) is 0 Å². The fourth-order valence-electron chi connectivity index (χ4n) is 5.63. The highest BCUT2D eigenvalue weighted by Gasteiger charge is 2.20. The maximum absolute atomic E-state index is 4.66. The molecule has 2 aromatic carbocycles. The van der Waals surface area contributed by atoms with Crippen LogP contribution in [0.2, 0.25) is 0 Å². The molecule has 0 unspecified atom stereocenters. The molecule has 0 bridgehead atoms. The van der Waals surface area contributed by atoms with Gasteiger partial charge in [-0.3, -0.25) is 4.98 Å². The zero-order valence-electron chi connectivity index (χ0n) is 21.1. The van der Waals surface area contributed by atoms with Crippen LogP contribution >= 0.6 is 0 Å². The summed E-state index contributed by atoms with van der Waals surface area (Å²) in [7, 11) is 0.